The van der Waals surface area contributed by atoms with E-state index in [-0.39, 0.29) is 10.8 Å². The predicted molar refractivity (Wildman–Crippen MR) is 127 cm³/mol. The molecule has 1 aromatic carbocycles. The second-order valence-corrected chi connectivity index (χ2v) is 10.9. The number of imidazole rings is 1. The van der Waals surface area contributed by atoms with Crippen molar-refractivity contribution in [2.75, 3.05) is 18.4 Å². The normalized spacial score (nSPS) is 17.5. The van der Waals surface area contributed by atoms with Crippen molar-refractivity contribution < 1.29 is 13.2 Å². The molecular weight excluding hydrogens is 438 g/mol. The van der Waals surface area contributed by atoms with Gasteiger partial charge < -0.3 is 9.88 Å². The number of rotatable bonds is 4. The molecule has 0 radical (unpaired) electrons. The zero-order chi connectivity index (χ0) is 23.0. The minimum absolute atomic E-state index is 0.201. The van der Waals surface area contributed by atoms with Crippen molar-refractivity contribution >= 4 is 32.8 Å². The molecule has 0 saturated carbocycles. The summed E-state index contributed by atoms with van der Waals surface area (Å²) in [4.78, 5) is 22.9. The Kier molecular flexibility index (Phi) is 5.92. The number of aryl methyl sites for hydroxylation is 3. The molecule has 0 atom stereocenters. The summed E-state index contributed by atoms with van der Waals surface area (Å²) in [5.41, 5.74) is 3.01. The smallest absolute Gasteiger partial charge is 0.258 e. The number of anilines is 1. The standard InChI is InChI=1S/C24H29N5O3S/c1-17-15-20(22-23(25-17)29-14-7-2-4-11-21(29)27-22)24(30)26-18-9-8-10-19(16-18)33(31,32)28-12-5-3-6-13-28/h8-10,15-16H,2-7,11-14H2,1H3,(H,26,30). The van der Waals surface area contributed by atoms with Gasteiger partial charge in [-0.05, 0) is 56.9 Å². The number of pyridine rings is 1. The van der Waals surface area contributed by atoms with Crippen LogP contribution >= 0.6 is 0 Å². The molecule has 33 heavy (non-hydrogen) atoms. The summed E-state index contributed by atoms with van der Waals surface area (Å²) in [5, 5.41) is 2.89. The molecule has 0 unspecified atom stereocenters. The van der Waals surface area contributed by atoms with E-state index in [9.17, 15) is 13.2 Å². The summed E-state index contributed by atoms with van der Waals surface area (Å²) < 4.78 is 29.8. The molecule has 1 fully saturated rings. The van der Waals surface area contributed by atoms with Gasteiger partial charge >= 0.3 is 0 Å². The van der Waals surface area contributed by atoms with E-state index in [1.807, 2.05) is 6.92 Å². The van der Waals surface area contributed by atoms with Crippen molar-refractivity contribution in [2.24, 2.45) is 0 Å². The summed E-state index contributed by atoms with van der Waals surface area (Å²) in [6, 6.07) is 8.24. The van der Waals surface area contributed by atoms with Crippen LogP contribution < -0.4 is 5.32 Å². The van der Waals surface area contributed by atoms with Gasteiger partial charge in [-0.15, -0.1) is 0 Å². The van der Waals surface area contributed by atoms with Gasteiger partial charge in [0.15, 0.2) is 5.65 Å². The first kappa shape index (κ1) is 22.0. The highest BCUT2D eigenvalue weighted by atomic mass is 32.2. The van der Waals surface area contributed by atoms with E-state index in [0.717, 1.165) is 62.2 Å². The number of carbonyl (C=O) groups is 1. The number of hydrogen-bond acceptors (Lipinski definition) is 5. The SMILES string of the molecule is Cc1cc(C(=O)Nc2cccc(S(=O)(=O)N3CCCCC3)c2)c2nc3n(c2n1)CCCCC3. The third kappa shape index (κ3) is 4.27. The van der Waals surface area contributed by atoms with Crippen LogP contribution in [0.1, 0.15) is 60.4 Å². The first-order valence-corrected chi connectivity index (χ1v) is 13.2. The maximum atomic E-state index is 13.3. The summed E-state index contributed by atoms with van der Waals surface area (Å²) in [6.45, 7) is 3.81. The molecular formula is C24H29N5O3S. The predicted octanol–water partition coefficient (Wildman–Crippen LogP) is 3.89. The van der Waals surface area contributed by atoms with E-state index in [4.69, 9.17) is 4.98 Å². The van der Waals surface area contributed by atoms with E-state index in [1.54, 1.807) is 24.3 Å². The van der Waals surface area contributed by atoms with Crippen molar-refractivity contribution in [1.29, 1.82) is 0 Å². The number of nitrogens with zero attached hydrogens (tertiary/aromatic N) is 4. The van der Waals surface area contributed by atoms with Crippen LogP contribution in [0.2, 0.25) is 0 Å². The molecule has 5 rings (SSSR count). The van der Waals surface area contributed by atoms with Crippen molar-refractivity contribution in [3.8, 4) is 0 Å². The van der Waals surface area contributed by atoms with Gasteiger partial charge in [0.05, 0.1) is 10.5 Å². The Hall–Kier alpha value is -2.78. The summed E-state index contributed by atoms with van der Waals surface area (Å²) in [5.74, 6) is 0.663. The molecule has 8 nitrogen and oxygen atoms in total. The highest BCUT2D eigenvalue weighted by Gasteiger charge is 2.26. The van der Waals surface area contributed by atoms with Gasteiger partial charge in [-0.2, -0.15) is 4.31 Å². The Morgan fingerprint density at radius 2 is 1.73 bits per heavy atom. The highest BCUT2D eigenvalue weighted by Crippen LogP contribution is 2.26. The van der Waals surface area contributed by atoms with E-state index < -0.39 is 10.0 Å². The maximum absolute atomic E-state index is 13.3. The molecule has 1 amide bonds. The van der Waals surface area contributed by atoms with Crippen LogP contribution in [-0.2, 0) is 23.0 Å². The summed E-state index contributed by atoms with van der Waals surface area (Å²) in [7, 11) is -3.58. The number of benzene rings is 1. The number of piperidine rings is 1. The van der Waals surface area contributed by atoms with Crippen molar-refractivity contribution in [1.82, 2.24) is 18.8 Å². The number of carbonyl (C=O) groups excluding carboxylic acids is 1. The Balaban J connectivity index is 1.45. The van der Waals surface area contributed by atoms with Gasteiger partial charge in [0.1, 0.15) is 11.3 Å². The number of aromatic nitrogens is 3. The number of fused-ring (bicyclic) bond motifs is 3. The van der Waals surface area contributed by atoms with E-state index in [1.165, 1.54) is 16.8 Å². The van der Waals surface area contributed by atoms with E-state index in [2.05, 4.69) is 14.9 Å². The number of hydrogen-bond donors (Lipinski definition) is 1. The molecule has 2 aliphatic rings. The first-order valence-electron chi connectivity index (χ1n) is 11.7. The van der Waals surface area contributed by atoms with Gasteiger partial charge in [0.25, 0.3) is 5.91 Å². The van der Waals surface area contributed by atoms with E-state index >= 15 is 0 Å². The summed E-state index contributed by atoms with van der Waals surface area (Å²) >= 11 is 0. The van der Waals surface area contributed by atoms with Crippen LogP contribution in [-0.4, -0.2) is 46.3 Å². The van der Waals surface area contributed by atoms with Crippen LogP contribution in [0.5, 0.6) is 0 Å². The van der Waals surface area contributed by atoms with Crippen LogP contribution in [0.25, 0.3) is 11.2 Å². The van der Waals surface area contributed by atoms with Crippen molar-refractivity contribution in [3.05, 3.63) is 47.4 Å². The Labute approximate surface area is 194 Å². The summed E-state index contributed by atoms with van der Waals surface area (Å²) in [6.07, 6.45) is 7.02. The fourth-order valence-electron chi connectivity index (χ4n) is 4.78. The number of amides is 1. The van der Waals surface area contributed by atoms with Crippen LogP contribution in [0.3, 0.4) is 0 Å². The van der Waals surface area contributed by atoms with Crippen LogP contribution in [0.15, 0.2) is 35.2 Å². The number of sulfonamides is 1. The zero-order valence-electron chi connectivity index (χ0n) is 18.9. The van der Waals surface area contributed by atoms with Crippen LogP contribution in [0, 0.1) is 6.92 Å². The van der Waals surface area contributed by atoms with Crippen LogP contribution in [0.4, 0.5) is 5.69 Å². The van der Waals surface area contributed by atoms with Crippen molar-refractivity contribution in [3.63, 3.8) is 0 Å². The first-order chi connectivity index (χ1) is 15.9. The largest absolute Gasteiger partial charge is 0.322 e. The zero-order valence-corrected chi connectivity index (χ0v) is 19.7. The highest BCUT2D eigenvalue weighted by molar-refractivity contribution is 7.89. The Morgan fingerprint density at radius 3 is 2.55 bits per heavy atom. The average molecular weight is 468 g/mol. The number of nitrogens with one attached hydrogen (secondary N) is 1. The van der Waals surface area contributed by atoms with E-state index in [0.29, 0.717) is 29.9 Å². The molecule has 1 saturated heterocycles. The molecule has 0 spiro atoms. The third-order valence-corrected chi connectivity index (χ3v) is 8.38. The Morgan fingerprint density at radius 1 is 0.970 bits per heavy atom. The third-order valence-electron chi connectivity index (χ3n) is 6.48. The molecule has 2 aromatic heterocycles. The minimum Gasteiger partial charge on any atom is -0.322 e. The molecule has 9 heteroatoms. The fraction of sp³-hybridized carbons (Fsp3) is 0.458. The second-order valence-electron chi connectivity index (χ2n) is 8.92. The minimum atomic E-state index is -3.58. The quantitative estimate of drug-likeness (QED) is 0.628. The van der Waals surface area contributed by atoms with Gasteiger partial charge in [-0.25, -0.2) is 18.4 Å². The fourth-order valence-corrected chi connectivity index (χ4v) is 6.34. The monoisotopic (exact) mass is 467 g/mol. The molecule has 174 valence electrons. The maximum Gasteiger partial charge on any atom is 0.258 e. The van der Waals surface area contributed by atoms with Crippen molar-refractivity contribution in [2.45, 2.75) is 63.3 Å². The molecule has 0 aliphatic carbocycles. The Bertz CT molecular complexity index is 1310. The lowest BCUT2D eigenvalue weighted by Crippen LogP contribution is -2.35. The van der Waals surface area contributed by atoms with Gasteiger partial charge in [0, 0.05) is 37.4 Å². The topological polar surface area (TPSA) is 97.2 Å². The molecule has 0 bridgehead atoms. The average Bonchev–Trinajstić information content (AvgIpc) is 2.99. The van der Waals surface area contributed by atoms with Gasteiger partial charge in [0.2, 0.25) is 10.0 Å². The molecule has 1 N–H and O–H groups in total. The van der Waals surface area contributed by atoms with Gasteiger partial charge in [-0.1, -0.05) is 18.9 Å². The molecule has 3 aromatic rings. The van der Waals surface area contributed by atoms with Gasteiger partial charge in [-0.3, -0.25) is 4.79 Å². The second kappa shape index (κ2) is 8.87. The lowest BCUT2D eigenvalue weighted by Gasteiger charge is -2.26. The lowest BCUT2D eigenvalue weighted by molar-refractivity contribution is 0.102. The molecule has 2 aliphatic heterocycles. The molecule has 4 heterocycles. The lowest BCUT2D eigenvalue weighted by atomic mass is 10.1.